The lowest BCUT2D eigenvalue weighted by molar-refractivity contribution is -0.227. The van der Waals surface area contributed by atoms with E-state index in [1.807, 2.05) is 0 Å². The number of aliphatic hydroxyl groups excluding tert-OH is 7. The van der Waals surface area contributed by atoms with Crippen LogP contribution in [0.3, 0.4) is 0 Å². The lowest BCUT2D eigenvalue weighted by Gasteiger charge is -2.38. The van der Waals surface area contributed by atoms with Gasteiger partial charge in [0.25, 0.3) is 6.02 Å². The van der Waals surface area contributed by atoms with Gasteiger partial charge in [0, 0.05) is 0 Å². The molecule has 0 radical (unpaired) electrons. The Morgan fingerprint density at radius 1 is 0.917 bits per heavy atom. The Hall–Kier alpha value is -1.05. The van der Waals surface area contributed by atoms with E-state index >= 15 is 0 Å². The van der Waals surface area contributed by atoms with E-state index < -0.39 is 68.1 Å². The van der Waals surface area contributed by atoms with Crippen molar-refractivity contribution in [2.45, 2.75) is 54.9 Å². The van der Waals surface area contributed by atoms with Crippen LogP contribution in [0.4, 0.5) is 0 Å². The molecule has 9 atom stereocenters. The maximum atomic E-state index is 10.0. The molecule has 0 aromatic heterocycles. The summed E-state index contributed by atoms with van der Waals surface area (Å²) in [6.45, 7) is -1.02. The number of hydrogen-bond acceptors (Lipinski definition) is 10. The fraction of sp³-hybridized carbons (Fsp3) is 0.923. The van der Waals surface area contributed by atoms with Gasteiger partial charge in [0.05, 0.1) is 25.3 Å². The first-order valence-corrected chi connectivity index (χ1v) is 7.67. The second kappa shape index (κ2) is 6.69. The summed E-state index contributed by atoms with van der Waals surface area (Å²) < 4.78 is 10.6. The molecule has 3 aliphatic heterocycles. The molecule has 0 aromatic carbocycles. The molecule has 3 aliphatic rings. The Bertz CT molecular complexity index is 488. The molecule has 3 fully saturated rings. The van der Waals surface area contributed by atoms with Crippen LogP contribution < -0.4 is 0 Å². The summed E-state index contributed by atoms with van der Waals surface area (Å²) in [6.07, 6.45) is -9.41. The molecular weight excluding hydrogens is 328 g/mol. The third kappa shape index (κ3) is 2.66. The van der Waals surface area contributed by atoms with Crippen molar-refractivity contribution in [1.29, 1.82) is 0 Å². The molecule has 0 aromatic rings. The van der Waals surface area contributed by atoms with E-state index in [4.69, 9.17) is 9.47 Å². The standard InChI is InChI=1S/C13H22N2O9/c16-1-4-7(18)8(19)5-3-23-13(15(4)5)14-12-11(22)10(21)9(20)6(2-17)24-12/h4-12,16-22H,1-3H2/b14-13+/t4-,5-,6-,7-,8-,9-,10+,11-,12-/m1/s1. The highest BCUT2D eigenvalue weighted by atomic mass is 16.6. The molecule has 0 unspecified atom stereocenters. The van der Waals surface area contributed by atoms with Crippen molar-refractivity contribution in [1.82, 2.24) is 4.90 Å². The van der Waals surface area contributed by atoms with Crippen LogP contribution in [0.2, 0.25) is 0 Å². The Labute approximate surface area is 137 Å². The molecule has 0 amide bonds. The highest BCUT2D eigenvalue weighted by Crippen LogP contribution is 2.32. The first-order valence-electron chi connectivity index (χ1n) is 7.67. The van der Waals surface area contributed by atoms with Crippen molar-refractivity contribution in [2.75, 3.05) is 19.8 Å². The zero-order valence-corrected chi connectivity index (χ0v) is 12.7. The maximum Gasteiger partial charge on any atom is 0.290 e. The van der Waals surface area contributed by atoms with E-state index in [1.54, 1.807) is 0 Å². The highest BCUT2D eigenvalue weighted by Gasteiger charge is 2.54. The minimum atomic E-state index is -1.58. The topological polar surface area (TPSA) is 176 Å². The molecule has 7 N–H and O–H groups in total. The van der Waals surface area contributed by atoms with Gasteiger partial charge in [-0.2, -0.15) is 0 Å². The van der Waals surface area contributed by atoms with Gasteiger partial charge in [-0.1, -0.05) is 0 Å². The SMILES string of the molecule is OC[C@@H]1[C@@H](O)[C@H](O)[C@H]2CO/C(=N/[C@@H]3O[C@H](CO)[C@@H](O)[C@H](O)[C@H]3O)N12. The van der Waals surface area contributed by atoms with Gasteiger partial charge >= 0.3 is 0 Å². The third-order valence-corrected chi connectivity index (χ3v) is 4.75. The first-order chi connectivity index (χ1) is 11.4. The van der Waals surface area contributed by atoms with Gasteiger partial charge in [-0.15, -0.1) is 0 Å². The Balaban J connectivity index is 1.83. The second-order valence-electron chi connectivity index (χ2n) is 6.15. The van der Waals surface area contributed by atoms with E-state index in [2.05, 4.69) is 4.99 Å². The van der Waals surface area contributed by atoms with Crippen molar-refractivity contribution in [3.63, 3.8) is 0 Å². The van der Waals surface area contributed by atoms with Crippen molar-refractivity contribution >= 4 is 6.02 Å². The van der Waals surface area contributed by atoms with Crippen LogP contribution in [0.1, 0.15) is 0 Å². The Kier molecular flexibility index (Phi) is 4.95. The van der Waals surface area contributed by atoms with Crippen LogP contribution in [-0.2, 0) is 9.47 Å². The van der Waals surface area contributed by atoms with Gasteiger partial charge in [-0.3, -0.25) is 0 Å². The molecule has 11 nitrogen and oxygen atoms in total. The summed E-state index contributed by atoms with van der Waals surface area (Å²) in [4.78, 5) is 5.44. The van der Waals surface area contributed by atoms with Gasteiger partial charge in [0.2, 0.25) is 0 Å². The molecule has 0 aliphatic carbocycles. The lowest BCUT2D eigenvalue weighted by Crippen LogP contribution is -2.58. The number of rotatable bonds is 3. The number of aliphatic hydroxyl groups is 7. The van der Waals surface area contributed by atoms with Crippen LogP contribution in [0.15, 0.2) is 4.99 Å². The van der Waals surface area contributed by atoms with Gasteiger partial charge in [0.1, 0.15) is 43.2 Å². The number of fused-ring (bicyclic) bond motifs is 1. The smallest absolute Gasteiger partial charge is 0.290 e. The van der Waals surface area contributed by atoms with E-state index in [1.165, 1.54) is 4.90 Å². The van der Waals surface area contributed by atoms with Crippen molar-refractivity contribution in [2.24, 2.45) is 4.99 Å². The van der Waals surface area contributed by atoms with Gasteiger partial charge < -0.3 is 50.1 Å². The molecular formula is C13H22N2O9. The molecule has 138 valence electrons. The fourth-order valence-corrected chi connectivity index (χ4v) is 3.32. The second-order valence-corrected chi connectivity index (χ2v) is 6.15. The van der Waals surface area contributed by atoms with Crippen molar-refractivity contribution in [3.8, 4) is 0 Å². The number of aliphatic imine (C=N–C) groups is 1. The summed E-state index contributed by atoms with van der Waals surface area (Å²) in [5.41, 5.74) is 0. The summed E-state index contributed by atoms with van der Waals surface area (Å²) in [7, 11) is 0. The van der Waals surface area contributed by atoms with Crippen LogP contribution in [0.5, 0.6) is 0 Å². The minimum Gasteiger partial charge on any atom is -0.463 e. The first kappa shape index (κ1) is 17.8. The lowest BCUT2D eigenvalue weighted by atomic mass is 9.99. The largest absolute Gasteiger partial charge is 0.463 e. The summed E-state index contributed by atoms with van der Waals surface area (Å²) in [5.74, 6) is 0. The van der Waals surface area contributed by atoms with Gasteiger partial charge in [-0.25, -0.2) is 4.99 Å². The van der Waals surface area contributed by atoms with Crippen LogP contribution in [0, 0.1) is 0 Å². The minimum absolute atomic E-state index is 0.0188. The predicted octanol–water partition coefficient (Wildman–Crippen LogP) is -5.06. The van der Waals surface area contributed by atoms with Crippen molar-refractivity contribution < 1.29 is 45.2 Å². The monoisotopic (exact) mass is 350 g/mol. The zero-order chi connectivity index (χ0) is 17.6. The average molecular weight is 350 g/mol. The van der Waals surface area contributed by atoms with E-state index in [9.17, 15) is 35.7 Å². The molecule has 3 rings (SSSR count). The molecule has 11 heteroatoms. The van der Waals surface area contributed by atoms with E-state index in [-0.39, 0.29) is 12.6 Å². The highest BCUT2D eigenvalue weighted by molar-refractivity contribution is 5.77. The average Bonchev–Trinajstić information content (AvgIpc) is 3.08. The number of ether oxygens (including phenoxy) is 2. The molecule has 0 spiro atoms. The fourth-order valence-electron chi connectivity index (χ4n) is 3.32. The summed E-state index contributed by atoms with van der Waals surface area (Å²) in [6, 6.07) is -1.52. The number of hydrogen-bond donors (Lipinski definition) is 7. The van der Waals surface area contributed by atoms with E-state index in [0.717, 1.165) is 0 Å². The quantitative estimate of drug-likeness (QED) is 0.261. The Morgan fingerprint density at radius 3 is 2.25 bits per heavy atom. The van der Waals surface area contributed by atoms with Crippen LogP contribution in [-0.4, -0.2) is 121 Å². The number of nitrogens with zero attached hydrogens (tertiary/aromatic N) is 2. The maximum absolute atomic E-state index is 10.0. The van der Waals surface area contributed by atoms with Crippen LogP contribution in [0.25, 0.3) is 0 Å². The summed E-state index contributed by atoms with van der Waals surface area (Å²) >= 11 is 0. The molecule has 24 heavy (non-hydrogen) atoms. The normalized spacial score (nSPS) is 50.2. The predicted molar refractivity (Wildman–Crippen MR) is 75.7 cm³/mol. The van der Waals surface area contributed by atoms with Gasteiger partial charge in [-0.05, 0) is 0 Å². The Morgan fingerprint density at radius 2 is 1.62 bits per heavy atom. The molecule has 3 heterocycles. The summed E-state index contributed by atoms with van der Waals surface area (Å²) in [5, 5.41) is 68.1. The van der Waals surface area contributed by atoms with Crippen LogP contribution >= 0.6 is 0 Å². The number of amidine groups is 1. The van der Waals surface area contributed by atoms with Crippen molar-refractivity contribution in [3.05, 3.63) is 0 Å². The zero-order valence-electron chi connectivity index (χ0n) is 12.7. The molecule has 0 bridgehead atoms. The molecule has 3 saturated heterocycles. The van der Waals surface area contributed by atoms with E-state index in [0.29, 0.717) is 0 Å². The third-order valence-electron chi connectivity index (χ3n) is 4.75. The molecule has 0 saturated carbocycles. The van der Waals surface area contributed by atoms with Gasteiger partial charge in [0.15, 0.2) is 6.23 Å².